The third kappa shape index (κ3) is 3.82. The van der Waals surface area contributed by atoms with Crippen LogP contribution in [-0.2, 0) is 14.3 Å². The van der Waals surface area contributed by atoms with Gasteiger partial charge in [-0.15, -0.1) is 0 Å². The van der Waals surface area contributed by atoms with Crippen LogP contribution in [0.1, 0.15) is 58.8 Å². The van der Waals surface area contributed by atoms with Crippen molar-refractivity contribution in [2.75, 3.05) is 0 Å². The molecule has 0 amide bonds. The van der Waals surface area contributed by atoms with Gasteiger partial charge >= 0.3 is 5.97 Å². The molecule has 2 fully saturated rings. The first-order valence-electron chi connectivity index (χ1n) is 7.63. The molecule has 2 saturated heterocycles. The van der Waals surface area contributed by atoms with Crippen molar-refractivity contribution < 1.29 is 14.3 Å². The average molecular weight is 266 g/mol. The number of carbonyl (C=O) groups excluding carboxylic acids is 1. The lowest BCUT2D eigenvalue weighted by molar-refractivity contribution is -0.144. The SMILES string of the molecule is C=C1C[C@H](CCCC)O[C@H]1CC[C@@H]1C[C@@H](C)C(=O)O1. The lowest BCUT2D eigenvalue weighted by atomic mass is 9.99. The third-order valence-corrected chi connectivity index (χ3v) is 4.23. The van der Waals surface area contributed by atoms with Gasteiger partial charge in [0.2, 0.25) is 0 Å². The summed E-state index contributed by atoms with van der Waals surface area (Å²) in [6.45, 7) is 8.28. The van der Waals surface area contributed by atoms with Crippen LogP contribution in [0.5, 0.6) is 0 Å². The number of unbranched alkanes of at least 4 members (excludes halogenated alkanes) is 1. The summed E-state index contributed by atoms with van der Waals surface area (Å²) >= 11 is 0. The van der Waals surface area contributed by atoms with E-state index in [1.807, 2.05) is 6.92 Å². The number of carbonyl (C=O) groups is 1. The molecule has 0 aromatic carbocycles. The van der Waals surface area contributed by atoms with Crippen LogP contribution < -0.4 is 0 Å². The molecule has 3 heteroatoms. The van der Waals surface area contributed by atoms with Crippen LogP contribution in [0.3, 0.4) is 0 Å². The number of cyclic esters (lactones) is 1. The minimum Gasteiger partial charge on any atom is -0.462 e. The molecular weight excluding hydrogens is 240 g/mol. The number of esters is 1. The van der Waals surface area contributed by atoms with Gasteiger partial charge in [-0.05, 0) is 37.7 Å². The predicted octanol–water partition coefficient (Wildman–Crippen LogP) is 3.62. The molecule has 0 unspecified atom stereocenters. The topological polar surface area (TPSA) is 35.5 Å². The van der Waals surface area contributed by atoms with Gasteiger partial charge in [0, 0.05) is 0 Å². The molecule has 2 aliphatic rings. The molecule has 0 aliphatic carbocycles. The van der Waals surface area contributed by atoms with Crippen LogP contribution in [0.15, 0.2) is 12.2 Å². The first kappa shape index (κ1) is 14.6. The summed E-state index contributed by atoms with van der Waals surface area (Å²) in [5, 5.41) is 0. The molecule has 0 spiro atoms. The number of hydrogen-bond acceptors (Lipinski definition) is 3. The highest BCUT2D eigenvalue weighted by molar-refractivity contribution is 5.74. The Kier molecular flexibility index (Phi) is 5.03. The van der Waals surface area contributed by atoms with Crippen LogP contribution in [0.4, 0.5) is 0 Å². The van der Waals surface area contributed by atoms with Gasteiger partial charge in [0.25, 0.3) is 0 Å². The summed E-state index contributed by atoms with van der Waals surface area (Å²) in [7, 11) is 0. The number of ether oxygens (including phenoxy) is 2. The van der Waals surface area contributed by atoms with Gasteiger partial charge in [-0.3, -0.25) is 4.79 Å². The molecule has 3 nitrogen and oxygen atoms in total. The maximum atomic E-state index is 11.3. The van der Waals surface area contributed by atoms with Crippen molar-refractivity contribution in [3.05, 3.63) is 12.2 Å². The fourth-order valence-corrected chi connectivity index (χ4v) is 3.01. The second kappa shape index (κ2) is 6.56. The van der Waals surface area contributed by atoms with Gasteiger partial charge in [0.1, 0.15) is 6.10 Å². The van der Waals surface area contributed by atoms with E-state index in [0.717, 1.165) is 32.1 Å². The Morgan fingerprint density at radius 2 is 2.05 bits per heavy atom. The maximum absolute atomic E-state index is 11.3. The van der Waals surface area contributed by atoms with Crippen molar-refractivity contribution >= 4 is 5.97 Å². The van der Waals surface area contributed by atoms with Crippen molar-refractivity contribution in [3.8, 4) is 0 Å². The highest BCUT2D eigenvalue weighted by Gasteiger charge is 2.33. The smallest absolute Gasteiger partial charge is 0.309 e. The summed E-state index contributed by atoms with van der Waals surface area (Å²) in [5.41, 5.74) is 1.22. The molecule has 0 saturated carbocycles. The Morgan fingerprint density at radius 1 is 1.26 bits per heavy atom. The van der Waals surface area contributed by atoms with Crippen molar-refractivity contribution in [2.24, 2.45) is 5.92 Å². The lowest BCUT2D eigenvalue weighted by Gasteiger charge is -2.15. The summed E-state index contributed by atoms with van der Waals surface area (Å²) in [5.74, 6) is 0.0204. The molecule has 0 radical (unpaired) electrons. The fourth-order valence-electron chi connectivity index (χ4n) is 3.01. The second-order valence-electron chi connectivity index (χ2n) is 6.02. The molecule has 0 N–H and O–H groups in total. The second-order valence-corrected chi connectivity index (χ2v) is 6.02. The van der Waals surface area contributed by atoms with E-state index >= 15 is 0 Å². The molecule has 0 aromatic heterocycles. The zero-order valence-electron chi connectivity index (χ0n) is 12.2. The van der Waals surface area contributed by atoms with Gasteiger partial charge in [-0.2, -0.15) is 0 Å². The van der Waals surface area contributed by atoms with Crippen LogP contribution in [-0.4, -0.2) is 24.3 Å². The van der Waals surface area contributed by atoms with E-state index in [-0.39, 0.29) is 24.1 Å². The summed E-state index contributed by atoms with van der Waals surface area (Å²) in [4.78, 5) is 11.3. The minimum absolute atomic E-state index is 0.0445. The Morgan fingerprint density at radius 3 is 2.68 bits per heavy atom. The maximum Gasteiger partial charge on any atom is 0.309 e. The van der Waals surface area contributed by atoms with Crippen LogP contribution in [0.2, 0.25) is 0 Å². The molecule has 2 heterocycles. The zero-order valence-corrected chi connectivity index (χ0v) is 12.2. The Balaban J connectivity index is 1.71. The van der Waals surface area contributed by atoms with E-state index in [1.54, 1.807) is 0 Å². The molecule has 0 aromatic rings. The molecular formula is C16H26O3. The largest absolute Gasteiger partial charge is 0.462 e. The molecule has 2 aliphatic heterocycles. The van der Waals surface area contributed by atoms with E-state index in [4.69, 9.17) is 9.47 Å². The first-order chi connectivity index (χ1) is 9.10. The van der Waals surface area contributed by atoms with Crippen molar-refractivity contribution in [1.29, 1.82) is 0 Å². The van der Waals surface area contributed by atoms with E-state index in [9.17, 15) is 4.79 Å². The monoisotopic (exact) mass is 266 g/mol. The lowest BCUT2D eigenvalue weighted by Crippen LogP contribution is -2.15. The minimum atomic E-state index is -0.0445. The van der Waals surface area contributed by atoms with Gasteiger partial charge in [-0.1, -0.05) is 33.3 Å². The quantitative estimate of drug-likeness (QED) is 0.544. The molecule has 4 atom stereocenters. The first-order valence-corrected chi connectivity index (χ1v) is 7.63. The standard InChI is InChI=1S/C16H26O3/c1-4-5-6-13-9-11(2)15(18-13)8-7-14-10-12(3)16(17)19-14/h12-15H,2,4-10H2,1,3H3/t12-,13+,14-,15+/m1/s1. The van der Waals surface area contributed by atoms with Crippen LogP contribution >= 0.6 is 0 Å². The van der Waals surface area contributed by atoms with Gasteiger partial charge in [0.05, 0.1) is 18.1 Å². The van der Waals surface area contributed by atoms with Gasteiger partial charge < -0.3 is 9.47 Å². The summed E-state index contributed by atoms with van der Waals surface area (Å²) < 4.78 is 11.4. The van der Waals surface area contributed by atoms with Crippen LogP contribution in [0, 0.1) is 5.92 Å². The van der Waals surface area contributed by atoms with Gasteiger partial charge in [0.15, 0.2) is 0 Å². The third-order valence-electron chi connectivity index (χ3n) is 4.23. The van der Waals surface area contributed by atoms with Crippen molar-refractivity contribution in [1.82, 2.24) is 0 Å². The highest BCUT2D eigenvalue weighted by Crippen LogP contribution is 2.32. The molecule has 0 bridgehead atoms. The van der Waals surface area contributed by atoms with E-state index in [1.165, 1.54) is 18.4 Å². The van der Waals surface area contributed by atoms with E-state index in [0.29, 0.717) is 6.10 Å². The van der Waals surface area contributed by atoms with E-state index in [2.05, 4.69) is 13.5 Å². The predicted molar refractivity (Wildman–Crippen MR) is 74.8 cm³/mol. The summed E-state index contributed by atoms with van der Waals surface area (Å²) in [6, 6.07) is 0. The van der Waals surface area contributed by atoms with E-state index < -0.39 is 0 Å². The van der Waals surface area contributed by atoms with Crippen LogP contribution in [0.25, 0.3) is 0 Å². The molecule has 2 rings (SSSR count). The highest BCUT2D eigenvalue weighted by atomic mass is 16.6. The Labute approximate surface area is 116 Å². The Hall–Kier alpha value is -0.830. The normalized spacial score (nSPS) is 34.8. The number of hydrogen-bond donors (Lipinski definition) is 0. The fraction of sp³-hybridized carbons (Fsp3) is 0.812. The Bertz CT molecular complexity index is 337. The average Bonchev–Trinajstić information content (AvgIpc) is 2.88. The number of rotatable bonds is 6. The summed E-state index contributed by atoms with van der Waals surface area (Å²) in [6.07, 6.45) is 7.92. The van der Waals surface area contributed by atoms with Crippen molar-refractivity contribution in [3.63, 3.8) is 0 Å². The molecule has 19 heavy (non-hydrogen) atoms. The van der Waals surface area contributed by atoms with Gasteiger partial charge in [-0.25, -0.2) is 0 Å². The molecule has 108 valence electrons. The zero-order chi connectivity index (χ0) is 13.8. The van der Waals surface area contributed by atoms with Crippen molar-refractivity contribution in [2.45, 2.75) is 77.1 Å².